The number of ether oxygens (including phenoxy) is 1. The number of benzene rings is 1. The molecule has 0 aliphatic heterocycles. The molecule has 100 valence electrons. The Morgan fingerprint density at radius 1 is 1.53 bits per heavy atom. The number of nitro benzene ring substituents is 1. The van der Waals surface area contributed by atoms with E-state index in [1.165, 1.54) is 23.5 Å². The van der Waals surface area contributed by atoms with Crippen LogP contribution in [0.5, 0.6) is 5.75 Å². The van der Waals surface area contributed by atoms with E-state index in [0.29, 0.717) is 22.6 Å². The second-order valence-corrected chi connectivity index (χ2v) is 4.93. The van der Waals surface area contributed by atoms with Crippen LogP contribution >= 0.6 is 11.3 Å². The quantitative estimate of drug-likeness (QED) is 0.672. The average molecular weight is 281 g/mol. The Morgan fingerprint density at radius 3 is 2.84 bits per heavy atom. The van der Waals surface area contributed by atoms with Crippen LogP contribution in [0.3, 0.4) is 0 Å². The summed E-state index contributed by atoms with van der Waals surface area (Å²) < 4.78 is 6.23. The third-order valence-electron chi connectivity index (χ3n) is 2.51. The first kappa shape index (κ1) is 13.3. The van der Waals surface area contributed by atoms with Gasteiger partial charge in [-0.05, 0) is 13.0 Å². The molecule has 0 bridgehead atoms. The molecule has 7 heteroatoms. The molecule has 1 aromatic carbocycles. The molecule has 19 heavy (non-hydrogen) atoms. The summed E-state index contributed by atoms with van der Waals surface area (Å²) in [5, 5.41) is 20.2. The fourth-order valence-electron chi connectivity index (χ4n) is 1.78. The van der Waals surface area contributed by atoms with Crippen molar-refractivity contribution in [3.8, 4) is 5.75 Å². The summed E-state index contributed by atoms with van der Waals surface area (Å²) in [5.74, 6) is -0.518. The van der Waals surface area contributed by atoms with E-state index in [4.69, 9.17) is 9.84 Å². The number of nitrogens with zero attached hydrogens (tertiary/aromatic N) is 1. The summed E-state index contributed by atoms with van der Waals surface area (Å²) in [4.78, 5) is 21.7. The van der Waals surface area contributed by atoms with Crippen LogP contribution in [0.15, 0.2) is 18.2 Å². The highest BCUT2D eigenvalue weighted by atomic mass is 32.1. The lowest BCUT2D eigenvalue weighted by Gasteiger charge is -2.03. The number of hydrogen-bond donors (Lipinski definition) is 1. The van der Waals surface area contributed by atoms with Crippen LogP contribution in [0.4, 0.5) is 5.69 Å². The molecule has 0 spiro atoms. The van der Waals surface area contributed by atoms with Gasteiger partial charge in [-0.15, -0.1) is 11.3 Å². The van der Waals surface area contributed by atoms with E-state index >= 15 is 0 Å². The van der Waals surface area contributed by atoms with Crippen molar-refractivity contribution < 1.29 is 19.6 Å². The molecule has 1 heterocycles. The summed E-state index contributed by atoms with van der Waals surface area (Å²) in [5.41, 5.74) is -0.0341. The van der Waals surface area contributed by atoms with Crippen molar-refractivity contribution >= 4 is 33.1 Å². The number of non-ortho nitro benzene ring substituents is 1. The van der Waals surface area contributed by atoms with Gasteiger partial charge in [0.15, 0.2) is 0 Å². The summed E-state index contributed by atoms with van der Waals surface area (Å²) in [6.45, 7) is 2.16. The molecule has 2 aromatic rings. The van der Waals surface area contributed by atoms with Gasteiger partial charge < -0.3 is 9.84 Å². The fourth-order valence-corrected chi connectivity index (χ4v) is 2.90. The maximum Gasteiger partial charge on any atom is 0.308 e. The molecular formula is C12H11NO5S. The number of carbonyl (C=O) groups is 1. The zero-order chi connectivity index (χ0) is 14.0. The molecule has 0 unspecified atom stereocenters. The monoisotopic (exact) mass is 281 g/mol. The summed E-state index contributed by atoms with van der Waals surface area (Å²) >= 11 is 1.28. The molecule has 0 atom stereocenters. The highest BCUT2D eigenvalue weighted by molar-refractivity contribution is 7.19. The third-order valence-corrected chi connectivity index (χ3v) is 3.66. The Balaban J connectivity index is 2.60. The van der Waals surface area contributed by atoms with Gasteiger partial charge >= 0.3 is 5.97 Å². The standard InChI is InChI=1S/C12H11NO5S/c1-2-18-12-8-5-7(13(16)17)3-4-9(8)19-10(12)6-11(14)15/h3-5H,2,6H2,1H3,(H,14,15). The topological polar surface area (TPSA) is 89.7 Å². The van der Waals surface area contributed by atoms with Crippen molar-refractivity contribution in [1.29, 1.82) is 0 Å². The highest BCUT2D eigenvalue weighted by Crippen LogP contribution is 2.39. The second kappa shape index (κ2) is 5.23. The molecule has 0 radical (unpaired) electrons. The minimum atomic E-state index is -0.956. The van der Waals surface area contributed by atoms with E-state index < -0.39 is 10.9 Å². The molecule has 6 nitrogen and oxygen atoms in total. The van der Waals surface area contributed by atoms with Crippen LogP contribution in [-0.4, -0.2) is 22.6 Å². The van der Waals surface area contributed by atoms with E-state index in [1.54, 1.807) is 13.0 Å². The van der Waals surface area contributed by atoms with Crippen LogP contribution < -0.4 is 4.74 Å². The minimum absolute atomic E-state index is 0.0341. The van der Waals surface area contributed by atoms with Crippen LogP contribution in [0.2, 0.25) is 0 Å². The van der Waals surface area contributed by atoms with E-state index in [2.05, 4.69) is 0 Å². The fraction of sp³-hybridized carbons (Fsp3) is 0.250. The lowest BCUT2D eigenvalue weighted by molar-refractivity contribution is -0.384. The van der Waals surface area contributed by atoms with E-state index in [1.807, 2.05) is 0 Å². The number of rotatable bonds is 5. The summed E-state index contributed by atoms with van der Waals surface area (Å²) in [6, 6.07) is 4.44. The molecule has 0 aliphatic rings. The largest absolute Gasteiger partial charge is 0.492 e. The first-order valence-corrected chi connectivity index (χ1v) is 6.39. The van der Waals surface area contributed by atoms with Crippen molar-refractivity contribution in [2.75, 3.05) is 6.61 Å². The Bertz CT molecular complexity index is 649. The average Bonchev–Trinajstić information content (AvgIpc) is 2.66. The van der Waals surface area contributed by atoms with E-state index in [0.717, 1.165) is 4.70 Å². The number of carboxylic acids is 1. The molecule has 0 saturated heterocycles. The molecule has 1 aromatic heterocycles. The van der Waals surface area contributed by atoms with Gasteiger partial charge in [0.05, 0.1) is 22.8 Å². The van der Waals surface area contributed by atoms with Crippen LogP contribution in [0.25, 0.3) is 10.1 Å². The summed E-state index contributed by atoms with van der Waals surface area (Å²) in [7, 11) is 0. The van der Waals surface area contributed by atoms with Gasteiger partial charge in [0.1, 0.15) is 5.75 Å². The van der Waals surface area contributed by atoms with Gasteiger partial charge in [-0.3, -0.25) is 14.9 Å². The highest BCUT2D eigenvalue weighted by Gasteiger charge is 2.18. The van der Waals surface area contributed by atoms with Gasteiger partial charge in [-0.25, -0.2) is 0 Å². The maximum absolute atomic E-state index is 10.8. The number of thiophene rings is 1. The Kier molecular flexibility index (Phi) is 3.66. The molecule has 0 amide bonds. The van der Waals surface area contributed by atoms with Crippen molar-refractivity contribution in [3.05, 3.63) is 33.2 Å². The molecule has 1 N–H and O–H groups in total. The maximum atomic E-state index is 10.8. The SMILES string of the molecule is CCOc1c(CC(=O)O)sc2ccc([N+](=O)[O-])cc12. The molecule has 0 saturated carbocycles. The number of fused-ring (bicyclic) bond motifs is 1. The summed E-state index contributed by atoms with van der Waals surface area (Å²) in [6.07, 6.45) is -0.150. The lowest BCUT2D eigenvalue weighted by Crippen LogP contribution is -2.01. The first-order chi connectivity index (χ1) is 9.02. The second-order valence-electron chi connectivity index (χ2n) is 3.80. The van der Waals surface area contributed by atoms with Crippen molar-refractivity contribution in [1.82, 2.24) is 0 Å². The molecule has 2 rings (SSSR count). The number of carboxylic acid groups (broad SMARTS) is 1. The van der Waals surface area contributed by atoms with Crippen LogP contribution in [0, 0.1) is 10.1 Å². The van der Waals surface area contributed by atoms with Crippen molar-refractivity contribution in [2.45, 2.75) is 13.3 Å². The lowest BCUT2D eigenvalue weighted by atomic mass is 10.2. The van der Waals surface area contributed by atoms with Crippen molar-refractivity contribution in [2.24, 2.45) is 0 Å². The van der Waals surface area contributed by atoms with Crippen molar-refractivity contribution in [3.63, 3.8) is 0 Å². The molecule has 0 fully saturated rings. The van der Waals surface area contributed by atoms with Gasteiger partial charge in [0.25, 0.3) is 5.69 Å². The predicted molar refractivity (Wildman–Crippen MR) is 71.0 cm³/mol. The van der Waals surface area contributed by atoms with Gasteiger partial charge in [-0.2, -0.15) is 0 Å². The number of hydrogen-bond acceptors (Lipinski definition) is 5. The van der Waals surface area contributed by atoms with Gasteiger partial charge in [0.2, 0.25) is 0 Å². The smallest absolute Gasteiger partial charge is 0.308 e. The molecular weight excluding hydrogens is 270 g/mol. The van der Waals surface area contributed by atoms with E-state index in [9.17, 15) is 14.9 Å². The zero-order valence-electron chi connectivity index (χ0n) is 10.1. The Labute approximate surface area is 112 Å². The Hall–Kier alpha value is -2.15. The van der Waals surface area contributed by atoms with Gasteiger partial charge in [-0.1, -0.05) is 0 Å². The normalized spacial score (nSPS) is 10.6. The zero-order valence-corrected chi connectivity index (χ0v) is 10.9. The van der Waals surface area contributed by atoms with E-state index in [-0.39, 0.29) is 12.1 Å². The van der Waals surface area contributed by atoms with Crippen LogP contribution in [0.1, 0.15) is 11.8 Å². The third kappa shape index (κ3) is 2.65. The first-order valence-electron chi connectivity index (χ1n) is 5.57. The predicted octanol–water partition coefficient (Wildman–Crippen LogP) is 2.84. The molecule has 0 aliphatic carbocycles. The van der Waals surface area contributed by atoms with Crippen LogP contribution in [-0.2, 0) is 11.2 Å². The Morgan fingerprint density at radius 2 is 2.26 bits per heavy atom. The minimum Gasteiger partial charge on any atom is -0.492 e. The number of nitro groups is 1. The van der Waals surface area contributed by atoms with Gasteiger partial charge in [0, 0.05) is 22.2 Å². The number of aliphatic carboxylic acids is 1.